The summed E-state index contributed by atoms with van der Waals surface area (Å²) in [5, 5.41) is 11.7. The summed E-state index contributed by atoms with van der Waals surface area (Å²) in [7, 11) is -1.96. The lowest BCUT2D eigenvalue weighted by Gasteiger charge is -2.32. The number of aryl methyl sites for hydroxylation is 1. The van der Waals surface area contributed by atoms with Crippen LogP contribution in [0.1, 0.15) is 5.56 Å². The van der Waals surface area contributed by atoms with Crippen molar-refractivity contribution in [1.29, 1.82) is 0 Å². The second-order valence-corrected chi connectivity index (χ2v) is 8.17. The Kier molecular flexibility index (Phi) is 5.72. The fourth-order valence-corrected chi connectivity index (χ4v) is 3.61. The Hall–Kier alpha value is -2.83. The highest BCUT2D eigenvalue weighted by atomic mass is 32.2. The zero-order chi connectivity index (χ0) is 20.3. The molecule has 11 nitrogen and oxygen atoms in total. The summed E-state index contributed by atoms with van der Waals surface area (Å²) in [5.41, 5.74) is 2.90. The van der Waals surface area contributed by atoms with Crippen LogP contribution >= 0.6 is 0 Å². The van der Waals surface area contributed by atoms with Crippen LogP contribution in [0.5, 0.6) is 0 Å². The molecule has 2 aromatic rings. The predicted octanol–water partition coefficient (Wildman–Crippen LogP) is 0.750. The van der Waals surface area contributed by atoms with Gasteiger partial charge < -0.3 is 9.80 Å². The summed E-state index contributed by atoms with van der Waals surface area (Å²) in [6.45, 7) is 4.46. The van der Waals surface area contributed by atoms with E-state index < -0.39 is 14.9 Å². The number of nitrogens with zero attached hydrogens (tertiary/aromatic N) is 5. The van der Waals surface area contributed by atoms with Crippen LogP contribution in [0, 0.1) is 17.0 Å². The minimum Gasteiger partial charge on any atom is -0.348 e. The second kappa shape index (κ2) is 8.04. The molecular weight excluding hydrogens is 386 g/mol. The van der Waals surface area contributed by atoms with Gasteiger partial charge in [-0.15, -0.1) is 4.83 Å². The second-order valence-electron chi connectivity index (χ2n) is 6.49. The molecule has 1 aliphatic heterocycles. The van der Waals surface area contributed by atoms with Crippen molar-refractivity contribution >= 4 is 27.3 Å². The zero-order valence-corrected chi connectivity index (χ0v) is 16.3. The van der Waals surface area contributed by atoms with Crippen molar-refractivity contribution in [2.24, 2.45) is 0 Å². The number of hydrogen-bond donors (Lipinski definition) is 2. The molecule has 2 heterocycles. The number of hydrogen-bond acceptors (Lipinski definition) is 9. The molecule has 0 saturated carbocycles. The molecule has 12 heteroatoms. The van der Waals surface area contributed by atoms with Crippen LogP contribution in [0.2, 0.25) is 0 Å². The Bertz CT molecular complexity index is 957. The first-order valence-corrected chi connectivity index (χ1v) is 10.0. The fourth-order valence-electron chi connectivity index (χ4n) is 2.77. The molecule has 0 atom stereocenters. The highest BCUT2D eigenvalue weighted by Crippen LogP contribution is 2.32. The quantitative estimate of drug-likeness (QED) is 0.525. The third-order valence-electron chi connectivity index (χ3n) is 4.42. The van der Waals surface area contributed by atoms with E-state index in [1.807, 2.05) is 14.0 Å². The van der Waals surface area contributed by atoms with Gasteiger partial charge in [0.25, 0.3) is 10.0 Å². The summed E-state index contributed by atoms with van der Waals surface area (Å²) < 4.78 is 24.8. The number of nitro groups is 1. The number of rotatable bonds is 6. The average Bonchev–Trinajstić information content (AvgIpc) is 2.67. The predicted molar refractivity (Wildman–Crippen MR) is 104 cm³/mol. The monoisotopic (exact) mass is 407 g/mol. The molecule has 0 unspecified atom stereocenters. The third-order valence-corrected chi connectivity index (χ3v) is 5.69. The summed E-state index contributed by atoms with van der Waals surface area (Å²) in [5.74, 6) is -0.0604. The lowest BCUT2D eigenvalue weighted by atomic mass is 10.2. The van der Waals surface area contributed by atoms with Gasteiger partial charge in [-0.3, -0.25) is 15.5 Å². The van der Waals surface area contributed by atoms with Crippen LogP contribution in [0.25, 0.3) is 0 Å². The molecule has 0 aliphatic carbocycles. The van der Waals surface area contributed by atoms with Crippen molar-refractivity contribution < 1.29 is 13.3 Å². The molecule has 0 amide bonds. The van der Waals surface area contributed by atoms with Gasteiger partial charge in [-0.2, -0.15) is 0 Å². The lowest BCUT2D eigenvalue weighted by molar-refractivity contribution is -0.383. The number of hydrazine groups is 1. The van der Waals surface area contributed by atoms with E-state index in [4.69, 9.17) is 0 Å². The van der Waals surface area contributed by atoms with E-state index in [0.29, 0.717) is 13.1 Å². The van der Waals surface area contributed by atoms with Crippen LogP contribution in [-0.2, 0) is 10.0 Å². The SMILES string of the molecule is Cc1ccc(S(=O)(=O)NNc2ncnc(N3CCN(C)CC3)c2[N+](=O)[O-])cc1. The molecule has 1 fully saturated rings. The smallest absolute Gasteiger partial charge is 0.348 e. The molecule has 28 heavy (non-hydrogen) atoms. The minimum absolute atomic E-state index is 0.0293. The van der Waals surface area contributed by atoms with Crippen LogP contribution < -0.4 is 15.2 Å². The van der Waals surface area contributed by atoms with Gasteiger partial charge in [-0.1, -0.05) is 17.7 Å². The van der Waals surface area contributed by atoms with Crippen LogP contribution in [0.4, 0.5) is 17.3 Å². The Morgan fingerprint density at radius 3 is 2.36 bits per heavy atom. The van der Waals surface area contributed by atoms with E-state index >= 15 is 0 Å². The first-order chi connectivity index (χ1) is 13.3. The van der Waals surface area contributed by atoms with E-state index in [-0.39, 0.29) is 22.2 Å². The van der Waals surface area contributed by atoms with Crippen molar-refractivity contribution in [1.82, 2.24) is 19.7 Å². The minimum atomic E-state index is -3.93. The average molecular weight is 407 g/mol. The number of piperazine rings is 1. The van der Waals surface area contributed by atoms with Gasteiger partial charge in [-0.25, -0.2) is 18.4 Å². The van der Waals surface area contributed by atoms with Crippen LogP contribution in [0.3, 0.4) is 0 Å². The molecule has 0 spiro atoms. The maximum atomic E-state index is 12.4. The maximum Gasteiger partial charge on any atom is 0.354 e. The van der Waals surface area contributed by atoms with E-state index in [1.165, 1.54) is 18.5 Å². The Balaban J connectivity index is 1.85. The molecule has 0 radical (unpaired) electrons. The van der Waals surface area contributed by atoms with E-state index in [2.05, 4.69) is 25.1 Å². The summed E-state index contributed by atoms with van der Waals surface area (Å²) in [6, 6.07) is 6.22. The molecule has 0 bridgehead atoms. The number of nitrogens with one attached hydrogen (secondary N) is 2. The number of anilines is 2. The van der Waals surface area contributed by atoms with E-state index in [9.17, 15) is 18.5 Å². The molecular formula is C16H21N7O4S. The number of likely N-dealkylation sites (N-methyl/N-ethyl adjacent to an activating group) is 1. The van der Waals surface area contributed by atoms with Crippen molar-refractivity contribution in [3.8, 4) is 0 Å². The first-order valence-electron chi connectivity index (χ1n) is 8.55. The van der Waals surface area contributed by atoms with E-state index in [0.717, 1.165) is 18.7 Å². The number of aromatic nitrogens is 2. The molecule has 1 aliphatic rings. The van der Waals surface area contributed by atoms with Crippen molar-refractivity contribution in [3.63, 3.8) is 0 Å². The van der Waals surface area contributed by atoms with Gasteiger partial charge in [0.2, 0.25) is 11.6 Å². The standard InChI is InChI=1S/C16H21N7O4S/c1-12-3-5-13(6-4-12)28(26,27)20-19-15-14(23(24)25)16(18-11-17-15)22-9-7-21(2)8-10-22/h3-6,11,20H,7-10H2,1-2H3,(H,17,18,19). The van der Waals surface area contributed by atoms with Crippen molar-refractivity contribution in [2.45, 2.75) is 11.8 Å². The molecule has 1 saturated heterocycles. The van der Waals surface area contributed by atoms with Gasteiger partial charge in [0.15, 0.2) is 0 Å². The van der Waals surface area contributed by atoms with Crippen LogP contribution in [0.15, 0.2) is 35.5 Å². The molecule has 1 aromatic carbocycles. The number of sulfonamides is 1. The van der Waals surface area contributed by atoms with Gasteiger partial charge in [0.05, 0.1) is 9.82 Å². The zero-order valence-electron chi connectivity index (χ0n) is 15.5. The number of benzene rings is 1. The summed E-state index contributed by atoms with van der Waals surface area (Å²) in [6.07, 6.45) is 1.17. The topological polar surface area (TPSA) is 134 Å². The maximum absolute atomic E-state index is 12.4. The summed E-state index contributed by atoms with van der Waals surface area (Å²) >= 11 is 0. The Morgan fingerprint density at radius 2 is 1.75 bits per heavy atom. The Morgan fingerprint density at radius 1 is 1.11 bits per heavy atom. The lowest BCUT2D eigenvalue weighted by Crippen LogP contribution is -2.45. The van der Waals surface area contributed by atoms with Gasteiger partial charge in [0, 0.05) is 26.2 Å². The molecule has 1 aromatic heterocycles. The normalized spacial score (nSPS) is 15.4. The summed E-state index contributed by atoms with van der Waals surface area (Å²) in [4.78, 5) is 25.0. The van der Waals surface area contributed by atoms with Gasteiger partial charge in [-0.05, 0) is 26.1 Å². The van der Waals surface area contributed by atoms with Crippen LogP contribution in [-0.4, -0.2) is 61.4 Å². The van der Waals surface area contributed by atoms with Crippen molar-refractivity contribution in [3.05, 3.63) is 46.3 Å². The van der Waals surface area contributed by atoms with Gasteiger partial charge in [0.1, 0.15) is 6.33 Å². The van der Waals surface area contributed by atoms with Crippen molar-refractivity contribution in [2.75, 3.05) is 43.6 Å². The molecule has 2 N–H and O–H groups in total. The first kappa shape index (κ1) is 19.9. The largest absolute Gasteiger partial charge is 0.354 e. The highest BCUT2D eigenvalue weighted by Gasteiger charge is 2.29. The van der Waals surface area contributed by atoms with Gasteiger partial charge >= 0.3 is 5.69 Å². The Labute approximate surface area is 162 Å². The highest BCUT2D eigenvalue weighted by molar-refractivity contribution is 7.89. The fraction of sp³-hybridized carbons (Fsp3) is 0.375. The van der Waals surface area contributed by atoms with E-state index in [1.54, 1.807) is 17.0 Å². The molecule has 3 rings (SSSR count). The third kappa shape index (κ3) is 4.35. The molecule has 150 valence electrons.